The van der Waals surface area contributed by atoms with E-state index in [1.165, 1.54) is 45.4 Å². The topological polar surface area (TPSA) is 22.6 Å². The average molecular weight is 467 g/mol. The summed E-state index contributed by atoms with van der Waals surface area (Å²) in [5.41, 5.74) is 7.86. The quantitative estimate of drug-likeness (QED) is 0.464. The number of allylic oxidation sites excluding steroid dienone is 4. The zero-order valence-corrected chi connectivity index (χ0v) is 21.5. The number of fused-ring (bicyclic) bond motifs is 3. The van der Waals surface area contributed by atoms with Crippen molar-refractivity contribution in [2.75, 3.05) is 45.2 Å². The van der Waals surface area contributed by atoms with E-state index in [-0.39, 0.29) is 5.41 Å². The van der Waals surface area contributed by atoms with Crippen molar-refractivity contribution in [3.05, 3.63) is 88.6 Å². The summed E-state index contributed by atoms with van der Waals surface area (Å²) in [4.78, 5) is 4.74. The summed E-state index contributed by atoms with van der Waals surface area (Å²) in [6.45, 7) is 9.00. The second-order valence-electron chi connectivity index (χ2n) is 10.9. The van der Waals surface area contributed by atoms with Crippen molar-refractivity contribution in [1.29, 1.82) is 0 Å². The largest absolute Gasteiger partial charge is 0.456 e. The Hall–Kier alpha value is -3.11. The molecular weight excluding hydrogens is 430 g/mol. The molecule has 0 spiro atoms. The molecular formula is C31H36N3O+. The van der Waals surface area contributed by atoms with Crippen LogP contribution in [0.5, 0.6) is 0 Å². The summed E-state index contributed by atoms with van der Waals surface area (Å²) in [6, 6.07) is 17.8. The molecule has 0 aromatic heterocycles. The first-order valence-electron chi connectivity index (χ1n) is 13.0. The Morgan fingerprint density at radius 2 is 1.74 bits per heavy atom. The van der Waals surface area contributed by atoms with E-state index in [1.807, 2.05) is 0 Å². The van der Waals surface area contributed by atoms with Gasteiger partial charge in [0.25, 0.3) is 0 Å². The van der Waals surface area contributed by atoms with E-state index in [0.717, 1.165) is 50.5 Å². The molecule has 1 fully saturated rings. The number of piperazine rings is 1. The number of anilines is 1. The lowest BCUT2D eigenvalue weighted by atomic mass is 9.83. The van der Waals surface area contributed by atoms with Gasteiger partial charge in [-0.1, -0.05) is 38.1 Å². The third-order valence-corrected chi connectivity index (χ3v) is 8.27. The number of aryl methyl sites for hydroxylation is 1. The maximum absolute atomic E-state index is 6.66. The smallest absolute Gasteiger partial charge is 0.203 e. The van der Waals surface area contributed by atoms with E-state index in [0.29, 0.717) is 0 Å². The molecule has 0 atom stereocenters. The molecule has 0 N–H and O–H groups in total. The van der Waals surface area contributed by atoms with Crippen LogP contribution in [0, 0.1) is 0 Å². The summed E-state index contributed by atoms with van der Waals surface area (Å²) in [5.74, 6) is 2.07. The summed E-state index contributed by atoms with van der Waals surface area (Å²) in [7, 11) is 4.39. The molecule has 0 saturated carbocycles. The number of likely N-dealkylation sites (N-methyl/N-ethyl adjacent to an activating group) is 2. The van der Waals surface area contributed by atoms with Gasteiger partial charge in [-0.15, -0.1) is 0 Å². The molecule has 180 valence electrons. The first-order chi connectivity index (χ1) is 16.9. The van der Waals surface area contributed by atoms with Crippen molar-refractivity contribution in [2.24, 2.45) is 0 Å². The van der Waals surface area contributed by atoms with Crippen LogP contribution in [0.2, 0.25) is 0 Å². The van der Waals surface area contributed by atoms with E-state index in [4.69, 9.17) is 4.42 Å². The molecule has 0 bridgehead atoms. The van der Waals surface area contributed by atoms with Gasteiger partial charge >= 0.3 is 0 Å². The summed E-state index contributed by atoms with van der Waals surface area (Å²) < 4.78 is 9.13. The predicted octanol–water partition coefficient (Wildman–Crippen LogP) is 5.13. The van der Waals surface area contributed by atoms with Crippen LogP contribution in [0.3, 0.4) is 0 Å². The highest BCUT2D eigenvalue weighted by atomic mass is 16.3. The maximum atomic E-state index is 6.66. The van der Waals surface area contributed by atoms with Crippen LogP contribution in [0.1, 0.15) is 43.6 Å². The first-order valence-corrected chi connectivity index (χ1v) is 13.0. The lowest BCUT2D eigenvalue weighted by Gasteiger charge is -2.24. The number of hydrogen-bond donors (Lipinski definition) is 0. The molecule has 2 aliphatic carbocycles. The molecule has 0 amide bonds. The van der Waals surface area contributed by atoms with Crippen LogP contribution in [0.15, 0.2) is 70.8 Å². The van der Waals surface area contributed by atoms with Gasteiger partial charge in [0.1, 0.15) is 11.5 Å². The van der Waals surface area contributed by atoms with Crippen LogP contribution in [-0.4, -0.2) is 45.2 Å². The molecule has 35 heavy (non-hydrogen) atoms. The predicted molar refractivity (Wildman–Crippen MR) is 145 cm³/mol. The minimum atomic E-state index is -0.0160. The summed E-state index contributed by atoms with van der Waals surface area (Å²) >= 11 is 0. The number of para-hydroxylation sites is 1. The fraction of sp³-hybridized carbons (Fsp3) is 0.387. The molecule has 3 heterocycles. The molecule has 4 heteroatoms. The van der Waals surface area contributed by atoms with Crippen molar-refractivity contribution in [1.82, 2.24) is 9.48 Å². The Balaban J connectivity index is 1.40. The van der Waals surface area contributed by atoms with Gasteiger partial charge in [0.15, 0.2) is 13.1 Å². The van der Waals surface area contributed by atoms with Gasteiger partial charge in [-0.2, -0.15) is 0 Å². The van der Waals surface area contributed by atoms with Gasteiger partial charge in [0.2, 0.25) is 5.36 Å². The van der Waals surface area contributed by atoms with Gasteiger partial charge in [-0.25, -0.2) is 4.58 Å². The fourth-order valence-electron chi connectivity index (χ4n) is 6.10. The van der Waals surface area contributed by atoms with Crippen LogP contribution in [0.4, 0.5) is 5.69 Å². The van der Waals surface area contributed by atoms with Crippen LogP contribution < -0.4 is 14.8 Å². The highest BCUT2D eigenvalue weighted by molar-refractivity contribution is 5.74. The zero-order valence-electron chi connectivity index (χ0n) is 21.5. The average Bonchev–Trinajstić information content (AvgIpc) is 3.06. The van der Waals surface area contributed by atoms with Crippen LogP contribution in [0.25, 0.3) is 16.9 Å². The Kier molecular flexibility index (Phi) is 5.45. The molecule has 1 aromatic rings. The van der Waals surface area contributed by atoms with Gasteiger partial charge in [0, 0.05) is 35.5 Å². The van der Waals surface area contributed by atoms with Crippen molar-refractivity contribution >= 4 is 11.3 Å². The standard InChI is InChI=1S/C31H36N3O/c1-31(2)26-10-5-6-11-27(26)33(4)29(31)15-13-22-8-7-9-24-20-23-12-14-25(21-28(23)35-30(22)24)34-18-16-32(3)17-19-34/h5-6,10-15,20-21H,7-9,16-19H2,1-4H3/q+1. The SMILES string of the molecule is CN1CC[N+](=c2ccc3cc4c(oc-3c2)/C(=C/C=C2/N(C)c3ccccc3C2(C)C)CCC4)CC1. The Morgan fingerprint density at radius 1 is 0.943 bits per heavy atom. The van der Waals surface area contributed by atoms with Gasteiger partial charge < -0.3 is 9.32 Å². The number of rotatable bonds is 1. The van der Waals surface area contributed by atoms with Gasteiger partial charge in [-0.05, 0) is 67.3 Å². The monoisotopic (exact) mass is 466 g/mol. The minimum absolute atomic E-state index is 0.0160. The first kappa shape index (κ1) is 22.4. The van der Waals surface area contributed by atoms with E-state index in [9.17, 15) is 0 Å². The highest BCUT2D eigenvalue weighted by Crippen LogP contribution is 2.47. The van der Waals surface area contributed by atoms with Crippen molar-refractivity contribution in [2.45, 2.75) is 38.5 Å². The van der Waals surface area contributed by atoms with Crippen molar-refractivity contribution in [3.8, 4) is 11.3 Å². The normalized spacial score (nSPS) is 22.2. The van der Waals surface area contributed by atoms with Crippen LogP contribution in [-0.2, 0) is 11.8 Å². The molecule has 6 rings (SSSR count). The van der Waals surface area contributed by atoms with E-state index < -0.39 is 0 Å². The Morgan fingerprint density at radius 3 is 2.54 bits per heavy atom. The lowest BCUT2D eigenvalue weighted by Crippen LogP contribution is -2.46. The third-order valence-electron chi connectivity index (χ3n) is 8.27. The molecule has 0 unspecified atom stereocenters. The molecule has 0 radical (unpaired) electrons. The number of benzene rings is 2. The summed E-state index contributed by atoms with van der Waals surface area (Å²) in [5, 5.41) is 1.27. The molecule has 4 nitrogen and oxygen atoms in total. The van der Waals surface area contributed by atoms with E-state index in [1.54, 1.807) is 0 Å². The second-order valence-corrected chi connectivity index (χ2v) is 10.9. The minimum Gasteiger partial charge on any atom is -0.456 e. The number of hydrogen-bond acceptors (Lipinski definition) is 3. The molecule has 1 aromatic carbocycles. The third kappa shape index (κ3) is 3.84. The molecule has 3 aliphatic heterocycles. The van der Waals surface area contributed by atoms with Crippen molar-refractivity contribution < 1.29 is 4.42 Å². The Bertz CT molecular complexity index is 1380. The van der Waals surface area contributed by atoms with Crippen molar-refractivity contribution in [3.63, 3.8) is 0 Å². The fourth-order valence-corrected chi connectivity index (χ4v) is 6.10. The highest BCUT2D eigenvalue weighted by Gasteiger charge is 2.37. The Labute approximate surface area is 208 Å². The maximum Gasteiger partial charge on any atom is 0.203 e. The lowest BCUT2D eigenvalue weighted by molar-refractivity contribution is 0.267. The zero-order chi connectivity index (χ0) is 24.2. The number of nitrogens with zero attached hydrogens (tertiary/aromatic N) is 3. The van der Waals surface area contributed by atoms with Gasteiger partial charge in [-0.3, -0.25) is 4.90 Å². The van der Waals surface area contributed by atoms with Crippen LogP contribution >= 0.6 is 0 Å². The summed E-state index contributed by atoms with van der Waals surface area (Å²) in [6.07, 6.45) is 7.95. The molecule has 5 aliphatic rings. The van der Waals surface area contributed by atoms with Gasteiger partial charge in [0.05, 0.1) is 19.2 Å². The van der Waals surface area contributed by atoms with E-state index >= 15 is 0 Å². The second kappa shape index (κ2) is 8.53. The molecule has 1 saturated heterocycles. The van der Waals surface area contributed by atoms with E-state index in [2.05, 4.69) is 103 Å².